The maximum absolute atomic E-state index is 12.1. The quantitative estimate of drug-likeness (QED) is 0.514. The van der Waals surface area contributed by atoms with E-state index in [1.165, 1.54) is 0 Å². The molecule has 7 heteroatoms. The molecule has 0 fully saturated rings. The van der Waals surface area contributed by atoms with Gasteiger partial charge in [-0.1, -0.05) is 30.3 Å². The number of benzene rings is 2. The second kappa shape index (κ2) is 9.76. The number of anilines is 1. The molecule has 0 spiro atoms. The molecule has 27 heavy (non-hydrogen) atoms. The molecule has 3 amide bonds. The summed E-state index contributed by atoms with van der Waals surface area (Å²) in [7, 11) is 1.55. The van der Waals surface area contributed by atoms with Crippen LogP contribution in [-0.4, -0.2) is 31.4 Å². The van der Waals surface area contributed by atoms with Crippen LogP contribution in [0.5, 0.6) is 5.75 Å². The lowest BCUT2D eigenvalue weighted by Gasteiger charge is -2.11. The van der Waals surface area contributed by atoms with Crippen LogP contribution in [-0.2, 0) is 16.1 Å². The second-order valence-corrected chi connectivity index (χ2v) is 5.53. The predicted octanol–water partition coefficient (Wildman–Crippen LogP) is 1.87. The first-order valence-electron chi connectivity index (χ1n) is 8.25. The van der Waals surface area contributed by atoms with E-state index in [4.69, 9.17) is 4.74 Å². The zero-order chi connectivity index (χ0) is 19.6. The summed E-state index contributed by atoms with van der Waals surface area (Å²) in [6.45, 7) is 4.00. The maximum atomic E-state index is 12.1. The van der Waals surface area contributed by atoms with Crippen molar-refractivity contribution in [2.24, 2.45) is 0 Å². The maximum Gasteiger partial charge on any atom is 0.313 e. The van der Waals surface area contributed by atoms with Gasteiger partial charge in [-0.2, -0.15) is 0 Å². The molecule has 0 atom stereocenters. The summed E-state index contributed by atoms with van der Waals surface area (Å²) in [5, 5.41) is 7.63. The highest BCUT2D eigenvalue weighted by Crippen LogP contribution is 2.15. The molecule has 3 N–H and O–H groups in total. The average molecular weight is 367 g/mol. The molecule has 0 saturated heterocycles. The van der Waals surface area contributed by atoms with Gasteiger partial charge in [0.25, 0.3) is 5.91 Å². The van der Waals surface area contributed by atoms with Crippen molar-refractivity contribution >= 4 is 23.4 Å². The molecule has 0 aromatic heterocycles. The Morgan fingerprint density at radius 1 is 1.04 bits per heavy atom. The molecule has 140 valence electrons. The van der Waals surface area contributed by atoms with E-state index >= 15 is 0 Å². The Bertz CT molecular complexity index is 849. The van der Waals surface area contributed by atoms with Gasteiger partial charge in [0.2, 0.25) is 0 Å². The van der Waals surface area contributed by atoms with Crippen molar-refractivity contribution in [2.75, 3.05) is 19.0 Å². The summed E-state index contributed by atoms with van der Waals surface area (Å²) in [6.07, 6.45) is 1.55. The molecule has 0 radical (unpaired) electrons. The Balaban J connectivity index is 1.99. The van der Waals surface area contributed by atoms with Crippen molar-refractivity contribution in [3.63, 3.8) is 0 Å². The van der Waals surface area contributed by atoms with Gasteiger partial charge in [-0.3, -0.25) is 14.4 Å². The van der Waals surface area contributed by atoms with E-state index in [1.807, 2.05) is 0 Å². The zero-order valence-corrected chi connectivity index (χ0v) is 15.0. The third-order valence-corrected chi connectivity index (χ3v) is 3.62. The number of nitrogens with one attached hydrogen (secondary N) is 3. The van der Waals surface area contributed by atoms with Crippen molar-refractivity contribution in [3.05, 3.63) is 72.3 Å². The summed E-state index contributed by atoms with van der Waals surface area (Å²) >= 11 is 0. The van der Waals surface area contributed by atoms with Crippen molar-refractivity contribution in [2.45, 2.75) is 6.54 Å². The molecule has 0 aliphatic rings. The largest absolute Gasteiger partial charge is 0.497 e. The minimum atomic E-state index is -0.859. The summed E-state index contributed by atoms with van der Waals surface area (Å²) in [4.78, 5) is 36.3. The van der Waals surface area contributed by atoms with Crippen molar-refractivity contribution in [1.82, 2.24) is 10.6 Å². The lowest BCUT2D eigenvalue weighted by molar-refractivity contribution is -0.136. The van der Waals surface area contributed by atoms with Gasteiger partial charge in [-0.15, -0.1) is 6.58 Å². The number of para-hydroxylation sites is 1. The number of methoxy groups -OCH3 is 1. The van der Waals surface area contributed by atoms with Crippen molar-refractivity contribution in [1.29, 1.82) is 0 Å². The predicted molar refractivity (Wildman–Crippen MR) is 102 cm³/mol. The number of carbonyl (C=O) groups is 3. The third-order valence-electron chi connectivity index (χ3n) is 3.62. The number of carbonyl (C=O) groups excluding carboxylic acids is 3. The van der Waals surface area contributed by atoms with Crippen LogP contribution in [0, 0.1) is 0 Å². The highest BCUT2D eigenvalue weighted by molar-refractivity contribution is 6.40. The molecule has 2 aromatic rings. The van der Waals surface area contributed by atoms with Crippen LogP contribution in [0.2, 0.25) is 0 Å². The lowest BCUT2D eigenvalue weighted by Crippen LogP contribution is -2.35. The fourth-order valence-electron chi connectivity index (χ4n) is 2.27. The molecule has 0 saturated carbocycles. The summed E-state index contributed by atoms with van der Waals surface area (Å²) < 4.78 is 5.12. The van der Waals surface area contributed by atoms with Crippen LogP contribution in [0.1, 0.15) is 15.9 Å². The van der Waals surface area contributed by atoms with E-state index in [2.05, 4.69) is 22.5 Å². The summed E-state index contributed by atoms with van der Waals surface area (Å²) in [6, 6.07) is 13.6. The topological polar surface area (TPSA) is 96.5 Å². The first kappa shape index (κ1) is 19.7. The molecule has 0 heterocycles. The number of hydrogen-bond acceptors (Lipinski definition) is 4. The molecule has 2 rings (SSSR count). The monoisotopic (exact) mass is 367 g/mol. The van der Waals surface area contributed by atoms with Crippen molar-refractivity contribution < 1.29 is 19.1 Å². The molecular weight excluding hydrogens is 346 g/mol. The van der Waals surface area contributed by atoms with E-state index in [-0.39, 0.29) is 23.7 Å². The highest BCUT2D eigenvalue weighted by atomic mass is 16.5. The minimum Gasteiger partial charge on any atom is -0.497 e. The number of hydrogen-bond donors (Lipinski definition) is 3. The van der Waals surface area contributed by atoms with Gasteiger partial charge in [0.05, 0.1) is 18.4 Å². The van der Waals surface area contributed by atoms with Crippen molar-refractivity contribution in [3.8, 4) is 5.75 Å². The van der Waals surface area contributed by atoms with Gasteiger partial charge in [0, 0.05) is 13.1 Å². The van der Waals surface area contributed by atoms with Gasteiger partial charge in [0.15, 0.2) is 0 Å². The second-order valence-electron chi connectivity index (χ2n) is 5.53. The standard InChI is InChI=1S/C20H21N3O4/c1-3-11-21-18(24)16-9-4-5-10-17(16)23-20(26)19(25)22-13-14-7-6-8-15(12-14)27-2/h3-10,12H,1,11,13H2,2H3,(H,21,24)(H,22,25)(H,23,26). The molecule has 0 aliphatic heterocycles. The lowest BCUT2D eigenvalue weighted by atomic mass is 10.1. The van der Waals surface area contributed by atoms with Crippen LogP contribution in [0.15, 0.2) is 61.2 Å². The van der Waals surface area contributed by atoms with Crippen LogP contribution in [0.3, 0.4) is 0 Å². The molecular formula is C20H21N3O4. The summed E-state index contributed by atoms with van der Waals surface area (Å²) in [5.74, 6) is -1.38. The number of rotatable bonds is 7. The van der Waals surface area contributed by atoms with Gasteiger partial charge < -0.3 is 20.7 Å². The Hall–Kier alpha value is -3.61. The highest BCUT2D eigenvalue weighted by Gasteiger charge is 2.17. The Labute approximate surface area is 157 Å². The van der Waals surface area contributed by atoms with Gasteiger partial charge in [-0.25, -0.2) is 0 Å². The molecule has 7 nitrogen and oxygen atoms in total. The average Bonchev–Trinajstić information content (AvgIpc) is 2.70. The first-order chi connectivity index (χ1) is 13.0. The third kappa shape index (κ3) is 5.71. The Morgan fingerprint density at radius 2 is 1.81 bits per heavy atom. The number of amides is 3. The van der Waals surface area contributed by atoms with Crippen LogP contribution < -0.4 is 20.7 Å². The van der Waals surface area contributed by atoms with Crippen LogP contribution in [0.25, 0.3) is 0 Å². The van der Waals surface area contributed by atoms with E-state index in [0.717, 1.165) is 5.56 Å². The summed E-state index contributed by atoms with van der Waals surface area (Å²) in [5.41, 5.74) is 1.30. The van der Waals surface area contributed by atoms with Crippen LogP contribution >= 0.6 is 0 Å². The molecule has 0 unspecified atom stereocenters. The fourth-order valence-corrected chi connectivity index (χ4v) is 2.27. The normalized spacial score (nSPS) is 9.81. The molecule has 0 aliphatic carbocycles. The van der Waals surface area contributed by atoms with Gasteiger partial charge >= 0.3 is 11.8 Å². The SMILES string of the molecule is C=CCNC(=O)c1ccccc1NC(=O)C(=O)NCc1cccc(OC)c1. The van der Waals surface area contributed by atoms with E-state index < -0.39 is 11.8 Å². The van der Waals surface area contributed by atoms with E-state index in [1.54, 1.807) is 61.7 Å². The fraction of sp³-hybridized carbons (Fsp3) is 0.150. The zero-order valence-electron chi connectivity index (χ0n) is 15.0. The minimum absolute atomic E-state index is 0.172. The van der Waals surface area contributed by atoms with Gasteiger partial charge in [-0.05, 0) is 29.8 Å². The Morgan fingerprint density at radius 3 is 2.56 bits per heavy atom. The van der Waals surface area contributed by atoms with Gasteiger partial charge in [0.1, 0.15) is 5.75 Å². The smallest absolute Gasteiger partial charge is 0.313 e. The molecule has 0 bridgehead atoms. The Kier molecular flexibility index (Phi) is 7.13. The molecule has 2 aromatic carbocycles. The van der Waals surface area contributed by atoms with E-state index in [0.29, 0.717) is 12.3 Å². The first-order valence-corrected chi connectivity index (χ1v) is 8.25. The van der Waals surface area contributed by atoms with E-state index in [9.17, 15) is 14.4 Å². The van der Waals surface area contributed by atoms with Crippen LogP contribution in [0.4, 0.5) is 5.69 Å². The number of ether oxygens (including phenoxy) is 1.